The molecule has 10 nitrogen and oxygen atoms in total. The number of aliphatic hydroxyl groups is 2. The molecule has 0 aromatic rings. The van der Waals surface area contributed by atoms with Crippen LogP contribution in [-0.2, 0) is 38.0 Å². The molecule has 10 heteroatoms. The minimum absolute atomic E-state index is 0.112. The molecular formula is C29H36O10. The fraction of sp³-hybridized carbons (Fsp3) is 0.793. The zero-order valence-electron chi connectivity index (χ0n) is 22.3. The zero-order valence-corrected chi connectivity index (χ0v) is 22.3. The normalized spacial score (nSPS) is 55.8. The number of carbonyl (C=O) groups is 2. The Kier molecular flexibility index (Phi) is 5.14. The van der Waals surface area contributed by atoms with Gasteiger partial charge in [0.2, 0.25) is 12.1 Å². The van der Waals surface area contributed by atoms with E-state index in [1.807, 2.05) is 0 Å². The number of aliphatic hydroxyl groups excluding tert-OH is 1. The maximum atomic E-state index is 14.2. The molecule has 0 aromatic heterocycles. The first-order valence-corrected chi connectivity index (χ1v) is 14.4. The number of carbonyl (C=O) groups excluding carboxylic acids is 2. The first kappa shape index (κ1) is 25.1. The van der Waals surface area contributed by atoms with Gasteiger partial charge in [-0.1, -0.05) is 18.6 Å². The molecule has 0 bridgehead atoms. The highest BCUT2D eigenvalue weighted by Crippen LogP contribution is 2.68. The number of hydrogen-bond donors (Lipinski definition) is 2. The summed E-state index contributed by atoms with van der Waals surface area (Å²) in [5, 5.41) is 24.3. The second kappa shape index (κ2) is 8.00. The molecule has 12 atom stereocenters. The van der Waals surface area contributed by atoms with Crippen LogP contribution in [0.3, 0.4) is 0 Å². The van der Waals surface area contributed by atoms with E-state index in [0.717, 1.165) is 17.6 Å². The van der Waals surface area contributed by atoms with Crippen molar-refractivity contribution in [2.24, 2.45) is 28.6 Å². The molecule has 39 heavy (non-hydrogen) atoms. The van der Waals surface area contributed by atoms with Gasteiger partial charge in [-0.05, 0) is 61.9 Å². The summed E-state index contributed by atoms with van der Waals surface area (Å²) in [7, 11) is 0. The summed E-state index contributed by atoms with van der Waals surface area (Å²) in [6.45, 7) is 4.64. The van der Waals surface area contributed by atoms with Crippen molar-refractivity contribution >= 4 is 11.8 Å². The van der Waals surface area contributed by atoms with Crippen LogP contribution in [0.5, 0.6) is 0 Å². The number of esters is 1. The third kappa shape index (κ3) is 2.96. The molecule has 6 fully saturated rings. The predicted molar refractivity (Wildman–Crippen MR) is 131 cm³/mol. The average molecular weight is 545 g/mol. The standard InChI is InChI=1S/C29H36O10/c1-26-11-19-18(38-25-29(39-19)20(6-8-34-25)36-13-37-29)10-15(26)3-4-17-22(26)23(31)24(32)27(2)16(5-7-28(17,27)33)14-9-21(30)35-12-14/h9-10,16-20,22-23,25,31,33H,3-8,11-13H2,1-2H3/t16-,17?,18-,19-,20-,22?,23+,25+,26+,27+,28+,29+/m1/s1. The van der Waals surface area contributed by atoms with E-state index in [2.05, 4.69) is 13.0 Å². The Balaban J connectivity index is 1.16. The van der Waals surface area contributed by atoms with Gasteiger partial charge in [0.1, 0.15) is 24.9 Å². The summed E-state index contributed by atoms with van der Waals surface area (Å²) in [4.78, 5) is 26.0. The van der Waals surface area contributed by atoms with E-state index >= 15 is 0 Å². The molecule has 0 aromatic carbocycles. The molecule has 0 radical (unpaired) electrons. The first-order valence-electron chi connectivity index (χ1n) is 14.4. The van der Waals surface area contributed by atoms with Crippen molar-refractivity contribution in [1.29, 1.82) is 0 Å². The fourth-order valence-corrected chi connectivity index (χ4v) is 9.94. The van der Waals surface area contributed by atoms with Gasteiger partial charge >= 0.3 is 5.97 Å². The smallest absolute Gasteiger partial charge is 0.331 e. The minimum Gasteiger partial charge on any atom is -0.458 e. The molecule has 3 saturated heterocycles. The number of rotatable bonds is 1. The fourth-order valence-electron chi connectivity index (χ4n) is 9.94. The molecule has 0 amide bonds. The number of hydrogen-bond acceptors (Lipinski definition) is 10. The largest absolute Gasteiger partial charge is 0.458 e. The third-order valence-electron chi connectivity index (χ3n) is 11.9. The highest BCUT2D eigenvalue weighted by Gasteiger charge is 2.74. The molecule has 2 unspecified atom stereocenters. The van der Waals surface area contributed by atoms with E-state index in [-0.39, 0.29) is 49.3 Å². The van der Waals surface area contributed by atoms with Crippen molar-refractivity contribution in [2.45, 2.75) is 94.5 Å². The van der Waals surface area contributed by atoms with E-state index < -0.39 is 46.5 Å². The van der Waals surface area contributed by atoms with Gasteiger partial charge in [0, 0.05) is 18.4 Å². The summed E-state index contributed by atoms with van der Waals surface area (Å²) < 4.78 is 35.9. The van der Waals surface area contributed by atoms with Crippen LogP contribution in [0.2, 0.25) is 0 Å². The van der Waals surface area contributed by atoms with Crippen LogP contribution < -0.4 is 0 Å². The van der Waals surface area contributed by atoms with Crippen molar-refractivity contribution in [3.8, 4) is 0 Å². The molecule has 8 rings (SSSR count). The van der Waals surface area contributed by atoms with Gasteiger partial charge in [0.15, 0.2) is 12.6 Å². The highest BCUT2D eigenvalue weighted by molar-refractivity contribution is 5.93. The van der Waals surface area contributed by atoms with E-state index in [1.165, 1.54) is 6.08 Å². The first-order chi connectivity index (χ1) is 18.6. The van der Waals surface area contributed by atoms with E-state index in [1.54, 1.807) is 6.92 Å². The Bertz CT molecular complexity index is 1200. The topological polar surface area (TPSA) is 130 Å². The maximum absolute atomic E-state index is 14.2. The minimum atomic E-state index is -1.30. The lowest BCUT2D eigenvalue weighted by atomic mass is 9.43. The van der Waals surface area contributed by atoms with Gasteiger partial charge in [0.25, 0.3) is 0 Å². The summed E-state index contributed by atoms with van der Waals surface area (Å²) in [5.41, 5.74) is -1.20. The lowest BCUT2D eigenvalue weighted by Gasteiger charge is -2.63. The summed E-state index contributed by atoms with van der Waals surface area (Å²) >= 11 is 0. The van der Waals surface area contributed by atoms with Crippen molar-refractivity contribution < 1.29 is 48.2 Å². The Labute approximate surface area is 226 Å². The van der Waals surface area contributed by atoms with Crippen LogP contribution >= 0.6 is 0 Å². The van der Waals surface area contributed by atoms with Crippen LogP contribution in [0.25, 0.3) is 0 Å². The van der Waals surface area contributed by atoms with E-state index in [4.69, 9.17) is 28.4 Å². The third-order valence-corrected chi connectivity index (χ3v) is 11.9. The molecule has 4 heterocycles. The van der Waals surface area contributed by atoms with E-state index in [0.29, 0.717) is 38.7 Å². The quantitative estimate of drug-likeness (QED) is 0.370. The number of fused-ring (bicyclic) bond motifs is 6. The summed E-state index contributed by atoms with van der Waals surface area (Å²) in [5.74, 6) is -2.99. The molecule has 3 saturated carbocycles. The average Bonchev–Trinajstić information content (AvgIpc) is 3.60. The number of ether oxygens (including phenoxy) is 6. The molecular weight excluding hydrogens is 508 g/mol. The lowest BCUT2D eigenvalue weighted by molar-refractivity contribution is -0.422. The summed E-state index contributed by atoms with van der Waals surface area (Å²) in [6, 6.07) is 0. The second-order valence-corrected chi connectivity index (χ2v) is 13.2. The van der Waals surface area contributed by atoms with Crippen LogP contribution in [-0.4, -0.2) is 84.1 Å². The monoisotopic (exact) mass is 544 g/mol. The number of allylic oxidation sites excluding steroid dienone is 1. The van der Waals surface area contributed by atoms with Crippen LogP contribution in [0.1, 0.15) is 52.4 Å². The highest BCUT2D eigenvalue weighted by atomic mass is 16.9. The van der Waals surface area contributed by atoms with Crippen LogP contribution in [0, 0.1) is 28.6 Å². The van der Waals surface area contributed by atoms with Gasteiger partial charge in [-0.2, -0.15) is 0 Å². The van der Waals surface area contributed by atoms with Crippen molar-refractivity contribution in [3.05, 3.63) is 23.3 Å². The predicted octanol–water partition coefficient (Wildman–Crippen LogP) is 1.52. The van der Waals surface area contributed by atoms with Crippen LogP contribution in [0.4, 0.5) is 0 Å². The maximum Gasteiger partial charge on any atom is 0.331 e. The number of cyclic esters (lactones) is 1. The molecule has 2 N–H and O–H groups in total. The summed E-state index contributed by atoms with van der Waals surface area (Å²) in [6.07, 6.45) is 4.18. The molecule has 1 spiro atoms. The Morgan fingerprint density at radius 3 is 2.74 bits per heavy atom. The van der Waals surface area contributed by atoms with Crippen LogP contribution in [0.15, 0.2) is 23.3 Å². The second-order valence-electron chi connectivity index (χ2n) is 13.2. The van der Waals surface area contributed by atoms with Gasteiger partial charge in [0.05, 0.1) is 23.7 Å². The van der Waals surface area contributed by atoms with E-state index in [9.17, 15) is 19.8 Å². The number of ketones is 1. The lowest BCUT2D eigenvalue weighted by Crippen LogP contribution is -2.71. The Morgan fingerprint density at radius 1 is 1.10 bits per heavy atom. The van der Waals surface area contributed by atoms with Gasteiger partial charge < -0.3 is 38.6 Å². The van der Waals surface area contributed by atoms with Crippen molar-refractivity contribution in [2.75, 3.05) is 20.0 Å². The molecule has 8 aliphatic rings. The molecule has 212 valence electrons. The van der Waals surface area contributed by atoms with Gasteiger partial charge in [-0.15, -0.1) is 0 Å². The zero-order chi connectivity index (χ0) is 26.9. The SMILES string of the molecule is C[C@]12C[C@H]3O[C@@]45OCO[C@@H]4CCO[C@H]5O[C@@H]3C=C1CCC1C2[C@H](O)C(=O)[C@]2(C)[C@@H](C3=CC(=O)OC3)CC[C@]12O. The van der Waals surface area contributed by atoms with Gasteiger partial charge in [-0.3, -0.25) is 4.79 Å². The molecule has 4 aliphatic carbocycles. The Hall–Kier alpha value is -1.66. The van der Waals surface area contributed by atoms with Crippen molar-refractivity contribution in [1.82, 2.24) is 0 Å². The number of Topliss-reactive ketones (excluding diaryl/α,β-unsaturated/α-hetero) is 1. The molecule has 4 aliphatic heterocycles. The van der Waals surface area contributed by atoms with Crippen molar-refractivity contribution in [3.63, 3.8) is 0 Å². The Morgan fingerprint density at radius 2 is 1.95 bits per heavy atom. The van der Waals surface area contributed by atoms with Gasteiger partial charge in [-0.25, -0.2) is 4.79 Å².